The molecule has 1 amide bonds. The molecule has 150 valence electrons. The first kappa shape index (κ1) is 18.8. The highest BCUT2D eigenvalue weighted by atomic mass is 16.5. The lowest BCUT2D eigenvalue weighted by atomic mass is 10.2. The molecule has 0 saturated carbocycles. The number of nitrogens with zero attached hydrogens (tertiary/aromatic N) is 5. The second-order valence-corrected chi connectivity index (χ2v) is 6.40. The van der Waals surface area contributed by atoms with Crippen LogP contribution in [0, 0.1) is 0 Å². The van der Waals surface area contributed by atoms with Gasteiger partial charge >= 0.3 is 0 Å². The minimum atomic E-state index is -0.307. The summed E-state index contributed by atoms with van der Waals surface area (Å²) in [4.78, 5) is 18.5. The minimum Gasteiger partial charge on any atom is -0.378 e. The van der Waals surface area contributed by atoms with Gasteiger partial charge in [-0.25, -0.2) is 0 Å². The maximum atomic E-state index is 12.2. The predicted octanol–water partition coefficient (Wildman–Crippen LogP) is 1.21. The fourth-order valence-electron chi connectivity index (χ4n) is 2.92. The van der Waals surface area contributed by atoms with Crippen LogP contribution in [0.2, 0.25) is 0 Å². The van der Waals surface area contributed by atoms with E-state index in [0.29, 0.717) is 37.9 Å². The average Bonchev–Trinajstić information content (AvgIpc) is 3.29. The average molecular weight is 395 g/mol. The zero-order chi connectivity index (χ0) is 19.9. The third-order valence-corrected chi connectivity index (χ3v) is 4.42. The topological polar surface area (TPSA) is 118 Å². The number of carbonyl (C=O) groups is 1. The summed E-state index contributed by atoms with van der Waals surface area (Å²) in [5.74, 6) is 0.846. The maximum absolute atomic E-state index is 12.2. The number of aromatic nitrogens is 4. The summed E-state index contributed by atoms with van der Waals surface area (Å²) >= 11 is 0. The Labute approximate surface area is 167 Å². The zero-order valence-corrected chi connectivity index (χ0v) is 15.7. The molecular weight excluding hydrogens is 374 g/mol. The number of hydrogen-bond acceptors (Lipinski definition) is 9. The number of amides is 1. The fraction of sp³-hybridized carbons (Fsp3) is 0.316. The molecule has 1 aliphatic rings. The van der Waals surface area contributed by atoms with Gasteiger partial charge in [0.05, 0.1) is 25.1 Å². The molecular formula is C19H21N7O3. The number of anilines is 2. The van der Waals surface area contributed by atoms with Gasteiger partial charge in [0.2, 0.25) is 0 Å². The van der Waals surface area contributed by atoms with E-state index < -0.39 is 0 Å². The fourth-order valence-corrected chi connectivity index (χ4v) is 2.92. The Balaban J connectivity index is 1.25. The van der Waals surface area contributed by atoms with Crippen molar-refractivity contribution in [3.8, 4) is 11.3 Å². The quantitative estimate of drug-likeness (QED) is 0.569. The van der Waals surface area contributed by atoms with E-state index in [9.17, 15) is 4.79 Å². The molecule has 3 aromatic rings. The molecule has 4 heterocycles. The first-order chi connectivity index (χ1) is 14.3. The molecule has 0 atom stereocenters. The molecule has 2 N–H and O–H groups in total. The minimum absolute atomic E-state index is 0.220. The van der Waals surface area contributed by atoms with Gasteiger partial charge in [0.15, 0.2) is 17.3 Å². The number of rotatable bonds is 7. The van der Waals surface area contributed by atoms with E-state index in [2.05, 4.69) is 35.9 Å². The molecule has 4 rings (SSSR count). The lowest BCUT2D eigenvalue weighted by molar-refractivity contribution is 0.0946. The molecule has 10 heteroatoms. The molecule has 1 fully saturated rings. The molecule has 0 bridgehead atoms. The summed E-state index contributed by atoms with van der Waals surface area (Å²) in [7, 11) is 0. The van der Waals surface area contributed by atoms with Gasteiger partial charge in [-0.2, -0.15) is 5.10 Å². The van der Waals surface area contributed by atoms with Crippen molar-refractivity contribution < 1.29 is 14.1 Å². The largest absolute Gasteiger partial charge is 0.378 e. The van der Waals surface area contributed by atoms with Crippen LogP contribution in [-0.2, 0) is 4.74 Å². The number of ether oxygens (including phenoxy) is 1. The number of morpholine rings is 1. The van der Waals surface area contributed by atoms with Crippen molar-refractivity contribution in [2.24, 2.45) is 0 Å². The highest BCUT2D eigenvalue weighted by Gasteiger charge is 2.14. The van der Waals surface area contributed by atoms with Crippen molar-refractivity contribution in [2.45, 2.75) is 0 Å². The van der Waals surface area contributed by atoms with Crippen LogP contribution in [0.4, 0.5) is 11.5 Å². The lowest BCUT2D eigenvalue weighted by Gasteiger charge is -2.28. The van der Waals surface area contributed by atoms with Crippen LogP contribution in [0.25, 0.3) is 11.3 Å². The summed E-state index contributed by atoms with van der Waals surface area (Å²) in [5, 5.41) is 17.9. The highest BCUT2D eigenvalue weighted by molar-refractivity contribution is 5.93. The SMILES string of the molecule is O=C(NCCNc1cc(N2CCOCC2)cnn1)c1cc(-c2cccnc2)on1. The van der Waals surface area contributed by atoms with Crippen LogP contribution in [-0.4, -0.2) is 65.6 Å². The van der Waals surface area contributed by atoms with Crippen LogP contribution in [0.15, 0.2) is 47.4 Å². The Morgan fingerprint density at radius 3 is 2.90 bits per heavy atom. The highest BCUT2D eigenvalue weighted by Crippen LogP contribution is 2.19. The van der Waals surface area contributed by atoms with Gasteiger partial charge < -0.3 is 24.8 Å². The van der Waals surface area contributed by atoms with Gasteiger partial charge in [-0.1, -0.05) is 5.16 Å². The molecule has 0 aromatic carbocycles. The van der Waals surface area contributed by atoms with E-state index in [0.717, 1.165) is 24.3 Å². The third kappa shape index (κ3) is 4.85. The maximum Gasteiger partial charge on any atom is 0.273 e. The van der Waals surface area contributed by atoms with Crippen molar-refractivity contribution >= 4 is 17.4 Å². The first-order valence-electron chi connectivity index (χ1n) is 9.34. The zero-order valence-electron chi connectivity index (χ0n) is 15.7. The summed E-state index contributed by atoms with van der Waals surface area (Å²) in [6.45, 7) is 3.99. The number of pyridine rings is 1. The van der Waals surface area contributed by atoms with Crippen LogP contribution >= 0.6 is 0 Å². The van der Waals surface area contributed by atoms with Crippen molar-refractivity contribution in [1.29, 1.82) is 0 Å². The van der Waals surface area contributed by atoms with Crippen molar-refractivity contribution in [2.75, 3.05) is 49.6 Å². The van der Waals surface area contributed by atoms with Crippen molar-refractivity contribution in [1.82, 2.24) is 25.7 Å². The van der Waals surface area contributed by atoms with Crippen LogP contribution in [0.1, 0.15) is 10.5 Å². The Morgan fingerprint density at radius 2 is 2.07 bits per heavy atom. The molecule has 0 spiro atoms. The number of carbonyl (C=O) groups excluding carboxylic acids is 1. The van der Waals surface area contributed by atoms with Gasteiger partial charge in [0.25, 0.3) is 5.91 Å². The van der Waals surface area contributed by atoms with E-state index >= 15 is 0 Å². The third-order valence-electron chi connectivity index (χ3n) is 4.42. The molecule has 29 heavy (non-hydrogen) atoms. The van der Waals surface area contributed by atoms with Crippen molar-refractivity contribution in [3.05, 3.63) is 48.5 Å². The van der Waals surface area contributed by atoms with Gasteiger partial charge in [-0.15, -0.1) is 5.10 Å². The van der Waals surface area contributed by atoms with Gasteiger partial charge in [0, 0.05) is 56.3 Å². The van der Waals surface area contributed by atoms with E-state index in [4.69, 9.17) is 9.26 Å². The lowest BCUT2D eigenvalue weighted by Crippen LogP contribution is -2.36. The van der Waals surface area contributed by atoms with Crippen LogP contribution in [0.3, 0.4) is 0 Å². The van der Waals surface area contributed by atoms with E-state index in [1.54, 1.807) is 30.7 Å². The molecule has 1 aliphatic heterocycles. The van der Waals surface area contributed by atoms with E-state index in [1.165, 1.54) is 0 Å². The normalized spacial score (nSPS) is 13.9. The van der Waals surface area contributed by atoms with Gasteiger partial charge in [0.1, 0.15) is 0 Å². The van der Waals surface area contributed by atoms with E-state index in [-0.39, 0.29) is 11.6 Å². The molecule has 1 saturated heterocycles. The summed E-state index contributed by atoms with van der Waals surface area (Å²) in [5.41, 5.74) is 1.98. The number of hydrogen-bond donors (Lipinski definition) is 2. The second kappa shape index (κ2) is 9.11. The standard InChI is InChI=1S/C19H21N7O3/c27-19(16-11-17(29-25-16)14-2-1-3-20-12-14)22-5-4-21-18-10-15(13-23-24-18)26-6-8-28-9-7-26/h1-3,10-13H,4-9H2,(H,21,24)(H,22,27). The van der Waals surface area contributed by atoms with Crippen molar-refractivity contribution in [3.63, 3.8) is 0 Å². The van der Waals surface area contributed by atoms with Gasteiger partial charge in [-0.3, -0.25) is 9.78 Å². The van der Waals surface area contributed by atoms with Gasteiger partial charge in [-0.05, 0) is 12.1 Å². The monoisotopic (exact) mass is 395 g/mol. The molecule has 3 aromatic heterocycles. The number of nitrogens with one attached hydrogen (secondary N) is 2. The smallest absolute Gasteiger partial charge is 0.273 e. The van der Waals surface area contributed by atoms with E-state index in [1.807, 2.05) is 12.1 Å². The first-order valence-corrected chi connectivity index (χ1v) is 9.34. The summed E-state index contributed by atoms with van der Waals surface area (Å²) < 4.78 is 10.6. The summed E-state index contributed by atoms with van der Waals surface area (Å²) in [6.07, 6.45) is 5.06. The van der Waals surface area contributed by atoms with Crippen LogP contribution < -0.4 is 15.5 Å². The Bertz CT molecular complexity index is 942. The molecule has 0 radical (unpaired) electrons. The Kier molecular flexibility index (Phi) is 5.91. The summed E-state index contributed by atoms with van der Waals surface area (Å²) in [6, 6.07) is 7.17. The molecule has 0 aliphatic carbocycles. The van der Waals surface area contributed by atoms with Crippen LogP contribution in [0.5, 0.6) is 0 Å². The Hall–Kier alpha value is -3.53. The molecule has 10 nitrogen and oxygen atoms in total. The molecule has 0 unspecified atom stereocenters. The second-order valence-electron chi connectivity index (χ2n) is 6.40. The predicted molar refractivity (Wildman–Crippen MR) is 106 cm³/mol. The Morgan fingerprint density at radius 1 is 1.17 bits per heavy atom.